The molecule has 2 nitrogen and oxygen atoms in total. The second-order valence-electron chi connectivity index (χ2n) is 4.56. The maximum Gasteiger partial charge on any atom is 0.309 e. The topological polar surface area (TPSA) is 37.3 Å². The van der Waals surface area contributed by atoms with Crippen molar-refractivity contribution in [3.63, 3.8) is 0 Å². The summed E-state index contributed by atoms with van der Waals surface area (Å²) >= 11 is 0. The molecule has 0 bridgehead atoms. The van der Waals surface area contributed by atoms with E-state index >= 15 is 0 Å². The molecule has 0 saturated carbocycles. The first kappa shape index (κ1) is 12.8. The fraction of sp³-hybridized carbons (Fsp3) is 0.500. The van der Waals surface area contributed by atoms with E-state index in [4.69, 9.17) is 5.11 Å². The molecule has 1 N–H and O–H groups in total. The van der Waals surface area contributed by atoms with Crippen LogP contribution >= 0.6 is 0 Å². The van der Waals surface area contributed by atoms with Crippen LogP contribution < -0.4 is 0 Å². The molecule has 0 radical (unpaired) electrons. The zero-order chi connectivity index (χ0) is 12.0. The van der Waals surface area contributed by atoms with Gasteiger partial charge in [-0.25, -0.2) is 0 Å². The molecule has 88 valence electrons. The molecule has 1 atom stereocenters. The van der Waals surface area contributed by atoms with Crippen molar-refractivity contribution < 1.29 is 9.90 Å². The minimum atomic E-state index is -0.678. The van der Waals surface area contributed by atoms with E-state index in [9.17, 15) is 4.79 Å². The van der Waals surface area contributed by atoms with Crippen molar-refractivity contribution in [1.82, 2.24) is 0 Å². The Hall–Kier alpha value is -1.31. The minimum Gasteiger partial charge on any atom is -0.481 e. The van der Waals surface area contributed by atoms with Crippen LogP contribution in [0.3, 0.4) is 0 Å². The molecule has 0 heterocycles. The summed E-state index contributed by atoms with van der Waals surface area (Å²) in [4.78, 5) is 11.1. The number of aliphatic carboxylic acids is 1. The highest BCUT2D eigenvalue weighted by atomic mass is 16.4. The molecule has 1 unspecified atom stereocenters. The normalized spacial score (nSPS) is 14.4. The molecule has 0 amide bonds. The summed E-state index contributed by atoms with van der Waals surface area (Å²) in [6, 6.07) is 10.2. The summed E-state index contributed by atoms with van der Waals surface area (Å²) in [6.07, 6.45) is 3.33. The van der Waals surface area contributed by atoms with Crippen LogP contribution in [0.15, 0.2) is 30.3 Å². The molecule has 0 aliphatic heterocycles. The third-order valence-electron chi connectivity index (χ3n) is 3.33. The van der Waals surface area contributed by atoms with E-state index in [1.54, 1.807) is 0 Å². The van der Waals surface area contributed by atoms with Gasteiger partial charge in [-0.1, -0.05) is 37.3 Å². The van der Waals surface area contributed by atoms with E-state index in [-0.39, 0.29) is 0 Å². The lowest BCUT2D eigenvalue weighted by Gasteiger charge is -2.22. The standard InChI is InChI=1S/C14H20O2/c1-3-14(2,13(15)16)11-7-10-12-8-5-4-6-9-12/h4-6,8-9H,3,7,10-11H2,1-2H3,(H,15,16). The summed E-state index contributed by atoms with van der Waals surface area (Å²) in [5.41, 5.74) is 0.723. The van der Waals surface area contributed by atoms with E-state index in [0.717, 1.165) is 19.3 Å². The SMILES string of the molecule is CCC(C)(CCCc1ccccc1)C(=O)O. The van der Waals surface area contributed by atoms with Gasteiger partial charge in [0.2, 0.25) is 0 Å². The fourth-order valence-corrected chi connectivity index (χ4v) is 1.76. The summed E-state index contributed by atoms with van der Waals surface area (Å²) < 4.78 is 0. The molecule has 1 aromatic carbocycles. The molecule has 0 aromatic heterocycles. The molecule has 0 aliphatic carbocycles. The summed E-state index contributed by atoms with van der Waals surface area (Å²) in [5, 5.41) is 9.13. The Labute approximate surface area is 97.3 Å². The molecule has 0 spiro atoms. The quantitative estimate of drug-likeness (QED) is 0.796. The summed E-state index contributed by atoms with van der Waals surface area (Å²) in [6.45, 7) is 3.77. The number of carboxylic acids is 1. The number of carbonyl (C=O) groups is 1. The number of benzene rings is 1. The smallest absolute Gasteiger partial charge is 0.309 e. The Bertz CT molecular complexity index is 332. The van der Waals surface area contributed by atoms with Crippen LogP contribution in [-0.4, -0.2) is 11.1 Å². The van der Waals surface area contributed by atoms with Gasteiger partial charge >= 0.3 is 5.97 Å². The van der Waals surface area contributed by atoms with Gasteiger partial charge in [0, 0.05) is 0 Å². The van der Waals surface area contributed by atoms with Crippen LogP contribution in [0.4, 0.5) is 0 Å². The number of hydrogen-bond donors (Lipinski definition) is 1. The highest BCUT2D eigenvalue weighted by Crippen LogP contribution is 2.28. The van der Waals surface area contributed by atoms with E-state index in [2.05, 4.69) is 12.1 Å². The average molecular weight is 220 g/mol. The Kier molecular flexibility index (Phi) is 4.53. The number of carboxylic acid groups (broad SMARTS) is 1. The Morgan fingerprint density at radius 1 is 1.31 bits per heavy atom. The lowest BCUT2D eigenvalue weighted by molar-refractivity contribution is -0.148. The second-order valence-corrected chi connectivity index (χ2v) is 4.56. The van der Waals surface area contributed by atoms with Crippen LogP contribution in [0.25, 0.3) is 0 Å². The predicted octanol–water partition coefficient (Wildman–Crippen LogP) is 3.51. The Morgan fingerprint density at radius 3 is 2.44 bits per heavy atom. The molecule has 2 heteroatoms. The van der Waals surface area contributed by atoms with E-state index in [0.29, 0.717) is 6.42 Å². The van der Waals surface area contributed by atoms with Gasteiger partial charge in [0.05, 0.1) is 5.41 Å². The molecule has 0 fully saturated rings. The maximum absolute atomic E-state index is 11.1. The Morgan fingerprint density at radius 2 is 1.94 bits per heavy atom. The number of rotatable bonds is 6. The van der Waals surface area contributed by atoms with Gasteiger partial charge in [-0.05, 0) is 38.2 Å². The lowest BCUT2D eigenvalue weighted by Crippen LogP contribution is -2.26. The van der Waals surface area contributed by atoms with E-state index in [1.165, 1.54) is 5.56 Å². The number of hydrogen-bond acceptors (Lipinski definition) is 1. The monoisotopic (exact) mass is 220 g/mol. The summed E-state index contributed by atoms with van der Waals surface area (Å²) in [5.74, 6) is -0.678. The van der Waals surface area contributed by atoms with Crippen LogP contribution in [0.1, 0.15) is 38.7 Å². The minimum absolute atomic E-state index is 0.561. The second kappa shape index (κ2) is 5.69. The van der Waals surface area contributed by atoms with Crippen molar-refractivity contribution in [2.75, 3.05) is 0 Å². The first-order valence-corrected chi connectivity index (χ1v) is 5.86. The first-order chi connectivity index (χ1) is 7.58. The third-order valence-corrected chi connectivity index (χ3v) is 3.33. The van der Waals surface area contributed by atoms with Crippen molar-refractivity contribution >= 4 is 5.97 Å². The molecular weight excluding hydrogens is 200 g/mol. The molecule has 16 heavy (non-hydrogen) atoms. The van der Waals surface area contributed by atoms with E-state index in [1.807, 2.05) is 32.0 Å². The van der Waals surface area contributed by atoms with Gasteiger partial charge in [0.25, 0.3) is 0 Å². The van der Waals surface area contributed by atoms with Crippen LogP contribution in [0, 0.1) is 5.41 Å². The van der Waals surface area contributed by atoms with Gasteiger partial charge in [-0.3, -0.25) is 4.79 Å². The van der Waals surface area contributed by atoms with E-state index < -0.39 is 11.4 Å². The van der Waals surface area contributed by atoms with Gasteiger partial charge in [-0.2, -0.15) is 0 Å². The first-order valence-electron chi connectivity index (χ1n) is 5.86. The number of aryl methyl sites for hydroxylation is 1. The molecule has 1 rings (SSSR count). The third kappa shape index (κ3) is 3.37. The lowest BCUT2D eigenvalue weighted by atomic mass is 9.82. The van der Waals surface area contributed by atoms with Crippen molar-refractivity contribution in [2.24, 2.45) is 5.41 Å². The average Bonchev–Trinajstić information content (AvgIpc) is 2.30. The van der Waals surface area contributed by atoms with Crippen molar-refractivity contribution in [3.05, 3.63) is 35.9 Å². The maximum atomic E-state index is 11.1. The molecule has 1 aromatic rings. The van der Waals surface area contributed by atoms with Gasteiger partial charge in [0.1, 0.15) is 0 Å². The van der Waals surface area contributed by atoms with Crippen LogP contribution in [0.2, 0.25) is 0 Å². The van der Waals surface area contributed by atoms with Crippen molar-refractivity contribution in [3.8, 4) is 0 Å². The zero-order valence-corrected chi connectivity index (χ0v) is 10.1. The molecule has 0 saturated heterocycles. The highest BCUT2D eigenvalue weighted by molar-refractivity contribution is 5.73. The largest absolute Gasteiger partial charge is 0.481 e. The zero-order valence-electron chi connectivity index (χ0n) is 10.1. The van der Waals surface area contributed by atoms with Gasteiger partial charge in [-0.15, -0.1) is 0 Å². The molecular formula is C14H20O2. The van der Waals surface area contributed by atoms with Crippen molar-refractivity contribution in [1.29, 1.82) is 0 Å². The van der Waals surface area contributed by atoms with Crippen molar-refractivity contribution in [2.45, 2.75) is 39.5 Å². The van der Waals surface area contributed by atoms with Crippen LogP contribution in [-0.2, 0) is 11.2 Å². The van der Waals surface area contributed by atoms with Crippen LogP contribution in [0.5, 0.6) is 0 Å². The van der Waals surface area contributed by atoms with Gasteiger partial charge < -0.3 is 5.11 Å². The highest BCUT2D eigenvalue weighted by Gasteiger charge is 2.29. The Balaban J connectivity index is 2.43. The van der Waals surface area contributed by atoms with Gasteiger partial charge in [0.15, 0.2) is 0 Å². The predicted molar refractivity (Wildman–Crippen MR) is 65.4 cm³/mol. The summed E-state index contributed by atoms with van der Waals surface area (Å²) in [7, 11) is 0. The fourth-order valence-electron chi connectivity index (χ4n) is 1.76. The molecule has 0 aliphatic rings.